The van der Waals surface area contributed by atoms with Crippen LogP contribution in [-0.4, -0.2) is 35.2 Å². The van der Waals surface area contributed by atoms with Gasteiger partial charge in [0.15, 0.2) is 0 Å². The lowest BCUT2D eigenvalue weighted by molar-refractivity contribution is 0.204. The van der Waals surface area contributed by atoms with Crippen LogP contribution in [0.4, 0.5) is 0 Å². The number of benzene rings is 2. The maximum atomic E-state index is 12.5. The van der Waals surface area contributed by atoms with Crippen LogP contribution in [0.25, 0.3) is 5.69 Å². The van der Waals surface area contributed by atoms with Gasteiger partial charge in [0.25, 0.3) is 5.56 Å². The summed E-state index contributed by atoms with van der Waals surface area (Å²) in [7, 11) is 0. The van der Waals surface area contributed by atoms with Gasteiger partial charge >= 0.3 is 0 Å². The maximum Gasteiger partial charge on any atom is 0.258 e. The van der Waals surface area contributed by atoms with Gasteiger partial charge in [0.05, 0.1) is 0 Å². The molecule has 2 heterocycles. The van der Waals surface area contributed by atoms with E-state index in [9.17, 15) is 4.79 Å². The van der Waals surface area contributed by atoms with Crippen molar-refractivity contribution in [3.8, 4) is 17.2 Å². The summed E-state index contributed by atoms with van der Waals surface area (Å²) in [6.07, 6.45) is 4.30. The standard InChI is InChI=1S/C25H28N2O3/c1-20-6-5-14-26(20)16-17-29-23-11-9-22(10-12-23)27-15-13-24(18-25(27)28)30-19-21-7-3-2-4-8-21/h2-4,7-13,15,18,20H,5-6,14,16-17,19H2,1H3/t20-/m1/s1. The molecule has 5 heteroatoms. The summed E-state index contributed by atoms with van der Waals surface area (Å²) in [6.45, 7) is 5.51. The average molecular weight is 405 g/mol. The first kappa shape index (κ1) is 20.2. The predicted octanol–water partition coefficient (Wildman–Crippen LogP) is 4.28. The minimum absolute atomic E-state index is 0.128. The fraction of sp³-hybridized carbons (Fsp3) is 0.320. The van der Waals surface area contributed by atoms with Gasteiger partial charge in [-0.2, -0.15) is 0 Å². The molecule has 0 bridgehead atoms. The van der Waals surface area contributed by atoms with E-state index in [1.165, 1.54) is 18.9 Å². The van der Waals surface area contributed by atoms with E-state index < -0.39 is 0 Å². The van der Waals surface area contributed by atoms with Crippen molar-refractivity contribution < 1.29 is 9.47 Å². The number of pyridine rings is 1. The van der Waals surface area contributed by atoms with E-state index in [0.29, 0.717) is 25.0 Å². The quantitative estimate of drug-likeness (QED) is 0.562. The zero-order valence-electron chi connectivity index (χ0n) is 17.4. The van der Waals surface area contributed by atoms with Crippen molar-refractivity contribution in [2.45, 2.75) is 32.4 Å². The van der Waals surface area contributed by atoms with Crippen molar-refractivity contribution in [2.24, 2.45) is 0 Å². The van der Waals surface area contributed by atoms with Crippen LogP contribution in [-0.2, 0) is 6.61 Å². The van der Waals surface area contributed by atoms with Gasteiger partial charge < -0.3 is 9.47 Å². The molecule has 0 radical (unpaired) electrons. The zero-order chi connectivity index (χ0) is 20.8. The van der Waals surface area contributed by atoms with Gasteiger partial charge in [-0.1, -0.05) is 30.3 Å². The molecule has 0 aliphatic carbocycles. The molecule has 1 aromatic heterocycles. The van der Waals surface area contributed by atoms with E-state index in [0.717, 1.165) is 30.1 Å². The van der Waals surface area contributed by atoms with Gasteiger partial charge in [-0.25, -0.2) is 0 Å². The minimum atomic E-state index is -0.128. The summed E-state index contributed by atoms with van der Waals surface area (Å²) < 4.78 is 13.2. The molecule has 3 aromatic rings. The smallest absolute Gasteiger partial charge is 0.258 e. The van der Waals surface area contributed by atoms with Crippen LogP contribution in [0, 0.1) is 0 Å². The Kier molecular flexibility index (Phi) is 6.50. The lowest BCUT2D eigenvalue weighted by Crippen LogP contribution is -2.31. The van der Waals surface area contributed by atoms with Gasteiger partial charge in [0.2, 0.25) is 0 Å². The summed E-state index contributed by atoms with van der Waals surface area (Å²) in [5.74, 6) is 1.39. The summed E-state index contributed by atoms with van der Waals surface area (Å²) >= 11 is 0. The van der Waals surface area contributed by atoms with E-state index in [1.807, 2.05) is 60.7 Å². The molecular weight excluding hydrogens is 376 g/mol. The normalized spacial score (nSPS) is 16.5. The maximum absolute atomic E-state index is 12.5. The minimum Gasteiger partial charge on any atom is -0.492 e. The molecule has 1 aliphatic heterocycles. The summed E-state index contributed by atoms with van der Waals surface area (Å²) in [6, 6.07) is 21.5. The molecule has 2 aromatic carbocycles. The first-order valence-corrected chi connectivity index (χ1v) is 10.6. The second-order valence-electron chi connectivity index (χ2n) is 7.71. The first-order chi connectivity index (χ1) is 14.7. The number of hydrogen-bond acceptors (Lipinski definition) is 4. The third-order valence-corrected chi connectivity index (χ3v) is 5.59. The molecule has 0 saturated carbocycles. The lowest BCUT2D eigenvalue weighted by atomic mass is 10.2. The van der Waals surface area contributed by atoms with Crippen LogP contribution in [0.1, 0.15) is 25.3 Å². The summed E-state index contributed by atoms with van der Waals surface area (Å²) in [4.78, 5) is 15.0. The molecule has 4 rings (SSSR count). The van der Waals surface area contributed by atoms with Crippen LogP contribution in [0.5, 0.6) is 11.5 Å². The predicted molar refractivity (Wildman–Crippen MR) is 119 cm³/mol. The zero-order valence-corrected chi connectivity index (χ0v) is 17.4. The Balaban J connectivity index is 1.33. The summed E-state index contributed by atoms with van der Waals surface area (Å²) in [5, 5.41) is 0. The van der Waals surface area contributed by atoms with Crippen molar-refractivity contribution in [1.82, 2.24) is 9.47 Å². The molecule has 5 nitrogen and oxygen atoms in total. The first-order valence-electron chi connectivity index (χ1n) is 10.6. The molecule has 1 fully saturated rings. The van der Waals surface area contributed by atoms with Crippen LogP contribution in [0.2, 0.25) is 0 Å². The highest BCUT2D eigenvalue weighted by atomic mass is 16.5. The Hall–Kier alpha value is -3.05. The molecule has 0 amide bonds. The largest absolute Gasteiger partial charge is 0.492 e. The van der Waals surface area contributed by atoms with Gasteiger partial charge in [-0.15, -0.1) is 0 Å². The van der Waals surface area contributed by atoms with Crippen molar-refractivity contribution in [3.05, 3.63) is 88.8 Å². The van der Waals surface area contributed by atoms with Gasteiger partial charge in [-0.05, 0) is 62.2 Å². The van der Waals surface area contributed by atoms with E-state index in [1.54, 1.807) is 10.8 Å². The Morgan fingerprint density at radius 2 is 1.77 bits per heavy atom. The molecule has 1 atom stereocenters. The van der Waals surface area contributed by atoms with E-state index >= 15 is 0 Å². The Morgan fingerprint density at radius 3 is 2.47 bits per heavy atom. The monoisotopic (exact) mass is 404 g/mol. The number of rotatable bonds is 8. The molecule has 0 spiro atoms. The number of likely N-dealkylation sites (tertiary alicyclic amines) is 1. The van der Waals surface area contributed by atoms with E-state index in [4.69, 9.17) is 9.47 Å². The van der Waals surface area contributed by atoms with Gasteiger partial charge in [-0.3, -0.25) is 14.3 Å². The van der Waals surface area contributed by atoms with Gasteiger partial charge in [0.1, 0.15) is 24.7 Å². The molecular formula is C25H28N2O3. The lowest BCUT2D eigenvalue weighted by Gasteiger charge is -2.20. The Bertz CT molecular complexity index is 999. The van der Waals surface area contributed by atoms with Crippen molar-refractivity contribution >= 4 is 0 Å². The molecule has 0 N–H and O–H groups in total. The van der Waals surface area contributed by atoms with Crippen molar-refractivity contribution in [2.75, 3.05) is 19.7 Å². The van der Waals surface area contributed by atoms with E-state index in [2.05, 4.69) is 11.8 Å². The fourth-order valence-electron chi connectivity index (χ4n) is 3.81. The SMILES string of the molecule is C[C@@H]1CCCN1CCOc1ccc(-n2ccc(OCc3ccccc3)cc2=O)cc1. The highest BCUT2D eigenvalue weighted by Crippen LogP contribution is 2.18. The van der Waals surface area contributed by atoms with Crippen LogP contribution >= 0.6 is 0 Å². The molecule has 156 valence electrons. The van der Waals surface area contributed by atoms with Crippen LogP contribution in [0.3, 0.4) is 0 Å². The molecule has 1 aliphatic rings. The van der Waals surface area contributed by atoms with Crippen molar-refractivity contribution in [1.29, 1.82) is 0 Å². The molecule has 0 unspecified atom stereocenters. The third-order valence-electron chi connectivity index (χ3n) is 5.59. The third kappa shape index (κ3) is 5.10. The number of hydrogen-bond donors (Lipinski definition) is 0. The highest BCUT2D eigenvalue weighted by molar-refractivity contribution is 5.38. The van der Waals surface area contributed by atoms with E-state index in [-0.39, 0.29) is 5.56 Å². The highest BCUT2D eigenvalue weighted by Gasteiger charge is 2.19. The second-order valence-corrected chi connectivity index (χ2v) is 7.71. The van der Waals surface area contributed by atoms with Crippen molar-refractivity contribution in [3.63, 3.8) is 0 Å². The topological polar surface area (TPSA) is 43.7 Å². The average Bonchev–Trinajstić information content (AvgIpc) is 3.18. The van der Waals surface area contributed by atoms with Gasteiger partial charge in [0, 0.05) is 30.5 Å². The van der Waals surface area contributed by atoms with Crippen LogP contribution < -0.4 is 15.0 Å². The number of ether oxygens (including phenoxy) is 2. The Labute approximate surface area is 177 Å². The number of nitrogens with zero attached hydrogens (tertiary/aromatic N) is 2. The Morgan fingerprint density at radius 1 is 0.967 bits per heavy atom. The van der Waals surface area contributed by atoms with Crippen LogP contribution in [0.15, 0.2) is 77.7 Å². The summed E-state index contributed by atoms with van der Waals surface area (Å²) in [5.41, 5.74) is 1.74. The fourth-order valence-corrected chi connectivity index (χ4v) is 3.81. The number of aromatic nitrogens is 1. The molecule has 30 heavy (non-hydrogen) atoms. The molecule has 1 saturated heterocycles. The second kappa shape index (κ2) is 9.63.